The van der Waals surface area contributed by atoms with E-state index in [2.05, 4.69) is 12.1 Å². The van der Waals surface area contributed by atoms with E-state index >= 15 is 0 Å². The number of nitriles is 1. The molecule has 0 heterocycles. The van der Waals surface area contributed by atoms with E-state index in [9.17, 15) is 0 Å². The van der Waals surface area contributed by atoms with E-state index in [4.69, 9.17) is 15.2 Å². The maximum atomic E-state index is 8.70. The minimum Gasteiger partial charge on any atom is -0.494 e. The fourth-order valence-corrected chi connectivity index (χ4v) is 1.21. The molecule has 4 nitrogen and oxygen atoms in total. The van der Waals surface area contributed by atoms with Gasteiger partial charge >= 0.3 is 0 Å². The second kappa shape index (κ2) is 6.46. The van der Waals surface area contributed by atoms with Crippen LogP contribution in [0.1, 0.15) is 25.3 Å². The van der Waals surface area contributed by atoms with Crippen LogP contribution in [0.15, 0.2) is 29.4 Å². The third-order valence-corrected chi connectivity index (χ3v) is 2.08. The van der Waals surface area contributed by atoms with Crippen molar-refractivity contribution in [2.75, 3.05) is 6.61 Å². The van der Waals surface area contributed by atoms with E-state index in [-0.39, 0.29) is 5.71 Å². The van der Waals surface area contributed by atoms with Crippen molar-refractivity contribution in [2.24, 2.45) is 5.16 Å². The lowest BCUT2D eigenvalue weighted by atomic mass is 10.1. The topological polar surface area (TPSA) is 65.6 Å². The Kier molecular flexibility index (Phi) is 4.87. The lowest BCUT2D eigenvalue weighted by Gasteiger charge is -2.05. The molecule has 0 aliphatic rings. The van der Waals surface area contributed by atoms with Crippen molar-refractivity contribution in [1.29, 1.82) is 5.26 Å². The van der Waals surface area contributed by atoms with Gasteiger partial charge in [0.15, 0.2) is 5.71 Å². The van der Waals surface area contributed by atoms with E-state index in [0.717, 1.165) is 12.8 Å². The van der Waals surface area contributed by atoms with Gasteiger partial charge < -0.3 is 9.94 Å². The molecule has 0 unspecified atom stereocenters. The summed E-state index contributed by atoms with van der Waals surface area (Å²) in [5.41, 5.74) is 0.542. The average Bonchev–Trinajstić information content (AvgIpc) is 2.32. The van der Waals surface area contributed by atoms with Crippen LogP contribution in [0.4, 0.5) is 0 Å². The molecule has 0 atom stereocenters. The molecule has 84 valence electrons. The first-order valence-electron chi connectivity index (χ1n) is 5.17. The van der Waals surface area contributed by atoms with Crippen molar-refractivity contribution >= 4 is 5.71 Å². The zero-order valence-electron chi connectivity index (χ0n) is 9.18. The Morgan fingerprint density at radius 3 is 3.00 bits per heavy atom. The van der Waals surface area contributed by atoms with Crippen LogP contribution in [0.3, 0.4) is 0 Å². The molecule has 0 bridgehead atoms. The van der Waals surface area contributed by atoms with Gasteiger partial charge in [0, 0.05) is 5.56 Å². The zero-order valence-corrected chi connectivity index (χ0v) is 9.18. The van der Waals surface area contributed by atoms with Crippen molar-refractivity contribution in [3.8, 4) is 11.8 Å². The van der Waals surface area contributed by atoms with E-state index in [0.29, 0.717) is 17.9 Å². The maximum Gasteiger partial charge on any atom is 0.186 e. The maximum absolute atomic E-state index is 8.70. The van der Waals surface area contributed by atoms with Gasteiger partial charge in [-0.15, -0.1) is 0 Å². The summed E-state index contributed by atoms with van der Waals surface area (Å²) in [6.07, 6.45) is 2.06. The second-order valence-electron chi connectivity index (χ2n) is 3.29. The Hall–Kier alpha value is -2.02. The molecule has 0 aromatic heterocycles. The molecular weight excluding hydrogens is 204 g/mol. The summed E-state index contributed by atoms with van der Waals surface area (Å²) in [4.78, 5) is 0. The number of oxime groups is 1. The predicted molar refractivity (Wildman–Crippen MR) is 60.8 cm³/mol. The fraction of sp³-hybridized carbons (Fsp3) is 0.333. The van der Waals surface area contributed by atoms with Crippen molar-refractivity contribution < 1.29 is 9.94 Å². The normalized spacial score (nSPS) is 10.9. The largest absolute Gasteiger partial charge is 0.494 e. The van der Waals surface area contributed by atoms with Crippen molar-refractivity contribution in [2.45, 2.75) is 19.8 Å². The van der Waals surface area contributed by atoms with Gasteiger partial charge in [-0.2, -0.15) is 5.26 Å². The van der Waals surface area contributed by atoms with Crippen molar-refractivity contribution in [3.63, 3.8) is 0 Å². The summed E-state index contributed by atoms with van der Waals surface area (Å²) in [6.45, 7) is 2.74. The number of hydrogen-bond acceptors (Lipinski definition) is 4. The van der Waals surface area contributed by atoms with E-state index in [1.807, 2.05) is 6.07 Å². The number of unbranched alkanes of at least 4 members (excludes halogenated alkanes) is 1. The number of nitrogens with zero attached hydrogens (tertiary/aromatic N) is 2. The molecule has 0 amide bonds. The van der Waals surface area contributed by atoms with Crippen LogP contribution in [0.2, 0.25) is 0 Å². The van der Waals surface area contributed by atoms with Gasteiger partial charge in [-0.25, -0.2) is 0 Å². The lowest BCUT2D eigenvalue weighted by molar-refractivity contribution is 0.309. The van der Waals surface area contributed by atoms with Gasteiger partial charge in [-0.05, 0) is 18.6 Å². The minimum atomic E-state index is -0.0130. The molecule has 0 saturated carbocycles. The van der Waals surface area contributed by atoms with Gasteiger partial charge in [0.2, 0.25) is 0 Å². The van der Waals surface area contributed by atoms with Crippen molar-refractivity contribution in [1.82, 2.24) is 0 Å². The van der Waals surface area contributed by atoms with Crippen LogP contribution in [-0.4, -0.2) is 17.5 Å². The Balaban J connectivity index is 2.75. The van der Waals surface area contributed by atoms with Gasteiger partial charge in [-0.1, -0.05) is 30.6 Å². The summed E-state index contributed by atoms with van der Waals surface area (Å²) in [5, 5.41) is 20.2. The van der Waals surface area contributed by atoms with E-state index < -0.39 is 0 Å². The predicted octanol–water partition coefficient (Wildman–Crippen LogP) is 2.57. The Labute approximate surface area is 94.8 Å². The second-order valence-corrected chi connectivity index (χ2v) is 3.29. The van der Waals surface area contributed by atoms with Crippen LogP contribution in [0, 0.1) is 11.3 Å². The van der Waals surface area contributed by atoms with E-state index in [1.165, 1.54) is 0 Å². The quantitative estimate of drug-likeness (QED) is 0.357. The highest BCUT2D eigenvalue weighted by Gasteiger charge is 2.04. The van der Waals surface area contributed by atoms with Gasteiger partial charge in [0.05, 0.1) is 6.61 Å². The molecule has 0 radical (unpaired) electrons. The highest BCUT2D eigenvalue weighted by atomic mass is 16.5. The SMILES string of the molecule is CCCCOc1cccc(/C(C#N)=N/O)c1. The molecule has 1 aromatic rings. The molecule has 0 spiro atoms. The summed E-state index contributed by atoms with van der Waals surface area (Å²) >= 11 is 0. The highest BCUT2D eigenvalue weighted by molar-refractivity contribution is 6.11. The summed E-state index contributed by atoms with van der Waals surface area (Å²) < 4.78 is 5.48. The van der Waals surface area contributed by atoms with Crippen LogP contribution in [-0.2, 0) is 0 Å². The third kappa shape index (κ3) is 3.28. The molecule has 16 heavy (non-hydrogen) atoms. The van der Waals surface area contributed by atoms with Crippen LogP contribution >= 0.6 is 0 Å². The zero-order chi connectivity index (χ0) is 11.8. The number of benzene rings is 1. The Bertz CT molecular complexity index is 408. The van der Waals surface area contributed by atoms with Gasteiger partial charge in [0.25, 0.3) is 0 Å². The molecule has 1 aromatic carbocycles. The highest BCUT2D eigenvalue weighted by Crippen LogP contribution is 2.14. The summed E-state index contributed by atoms with van der Waals surface area (Å²) in [7, 11) is 0. The number of rotatable bonds is 5. The fourth-order valence-electron chi connectivity index (χ4n) is 1.21. The van der Waals surface area contributed by atoms with E-state index in [1.54, 1.807) is 24.3 Å². The Morgan fingerprint density at radius 1 is 1.56 bits per heavy atom. The van der Waals surface area contributed by atoms with Crippen molar-refractivity contribution in [3.05, 3.63) is 29.8 Å². The van der Waals surface area contributed by atoms with Crippen LogP contribution in [0.5, 0.6) is 5.75 Å². The molecule has 1 rings (SSSR count). The number of ether oxygens (including phenoxy) is 1. The molecule has 0 saturated heterocycles. The molecule has 0 fully saturated rings. The molecular formula is C12H14N2O2. The van der Waals surface area contributed by atoms with Crippen LogP contribution < -0.4 is 4.74 Å². The lowest BCUT2D eigenvalue weighted by Crippen LogP contribution is -2.00. The smallest absolute Gasteiger partial charge is 0.186 e. The minimum absolute atomic E-state index is 0.0130. The first kappa shape index (κ1) is 12.1. The summed E-state index contributed by atoms with van der Waals surface area (Å²) in [5.74, 6) is 0.683. The third-order valence-electron chi connectivity index (χ3n) is 2.08. The molecule has 1 N–H and O–H groups in total. The molecule has 0 aliphatic heterocycles. The Morgan fingerprint density at radius 2 is 2.38 bits per heavy atom. The van der Waals surface area contributed by atoms with Gasteiger partial charge in [0.1, 0.15) is 11.8 Å². The monoisotopic (exact) mass is 218 g/mol. The first-order chi connectivity index (χ1) is 7.81. The first-order valence-corrected chi connectivity index (χ1v) is 5.17. The van der Waals surface area contributed by atoms with Crippen LogP contribution in [0.25, 0.3) is 0 Å². The average molecular weight is 218 g/mol. The molecule has 0 aliphatic carbocycles. The summed E-state index contributed by atoms with van der Waals surface area (Å²) in [6, 6.07) is 8.77. The molecule has 4 heteroatoms. The number of hydrogen-bond donors (Lipinski definition) is 1. The van der Waals surface area contributed by atoms with Gasteiger partial charge in [-0.3, -0.25) is 0 Å². The standard InChI is InChI=1S/C12H14N2O2/c1-2-3-7-16-11-6-4-5-10(8-11)12(9-13)14-15/h4-6,8,15H,2-3,7H2,1H3/b14-12+.